The summed E-state index contributed by atoms with van der Waals surface area (Å²) in [6, 6.07) is 2.31. The van der Waals surface area contributed by atoms with Gasteiger partial charge in [0, 0.05) is 12.1 Å². The Morgan fingerprint density at radius 2 is 1.86 bits per heavy atom. The zero-order valence-corrected chi connectivity index (χ0v) is 8.14. The highest BCUT2D eigenvalue weighted by Crippen LogP contribution is 2.19. The van der Waals surface area contributed by atoms with Crippen LogP contribution < -0.4 is 5.32 Å². The molecule has 0 saturated heterocycles. The molecule has 1 atom stereocenters. The molecule has 0 fully saturated rings. The summed E-state index contributed by atoms with van der Waals surface area (Å²) in [5.74, 6) is -1.26. The fourth-order valence-corrected chi connectivity index (χ4v) is 1.17. The minimum absolute atomic E-state index is 0.0228. The summed E-state index contributed by atoms with van der Waals surface area (Å²) in [5.41, 5.74) is 0.227. The van der Waals surface area contributed by atoms with E-state index in [9.17, 15) is 13.9 Å². The normalized spacial score (nSPS) is 12.9. The Balaban J connectivity index is 3.00. The first-order chi connectivity index (χ1) is 6.56. The molecule has 14 heavy (non-hydrogen) atoms. The van der Waals surface area contributed by atoms with E-state index in [1.54, 1.807) is 7.05 Å². The van der Waals surface area contributed by atoms with Gasteiger partial charge in [0.15, 0.2) is 0 Å². The number of benzene rings is 1. The van der Waals surface area contributed by atoms with E-state index in [4.69, 9.17) is 0 Å². The summed E-state index contributed by atoms with van der Waals surface area (Å²) in [6.07, 6.45) is -0.885. The van der Waals surface area contributed by atoms with Gasteiger partial charge < -0.3 is 10.4 Å². The lowest BCUT2D eigenvalue weighted by Gasteiger charge is -2.11. The first kappa shape index (κ1) is 11.1. The molecule has 1 aromatic rings. The SMILES string of the molecule is CNCC(O)c1cc(F)c(C)c(F)c1. The summed E-state index contributed by atoms with van der Waals surface area (Å²) in [6.45, 7) is 1.63. The Morgan fingerprint density at radius 3 is 2.29 bits per heavy atom. The molecule has 0 radical (unpaired) electrons. The van der Waals surface area contributed by atoms with Crippen LogP contribution in [0.5, 0.6) is 0 Å². The lowest BCUT2D eigenvalue weighted by Crippen LogP contribution is -2.17. The molecule has 4 heteroatoms. The molecule has 2 N–H and O–H groups in total. The van der Waals surface area contributed by atoms with Gasteiger partial charge in [0.05, 0.1) is 6.10 Å². The van der Waals surface area contributed by atoms with Gasteiger partial charge in [-0.15, -0.1) is 0 Å². The average molecular weight is 201 g/mol. The predicted octanol–water partition coefficient (Wildman–Crippen LogP) is 1.53. The van der Waals surface area contributed by atoms with Crippen LogP contribution in [0.25, 0.3) is 0 Å². The lowest BCUT2D eigenvalue weighted by molar-refractivity contribution is 0.177. The minimum Gasteiger partial charge on any atom is -0.387 e. The maximum absolute atomic E-state index is 13.1. The van der Waals surface area contributed by atoms with Crippen LogP contribution in [0.1, 0.15) is 17.2 Å². The molecule has 0 bridgehead atoms. The molecular formula is C10H13F2NO. The largest absolute Gasteiger partial charge is 0.387 e. The van der Waals surface area contributed by atoms with E-state index in [-0.39, 0.29) is 17.7 Å². The van der Waals surface area contributed by atoms with Gasteiger partial charge in [0.1, 0.15) is 11.6 Å². The first-order valence-corrected chi connectivity index (χ1v) is 4.34. The van der Waals surface area contributed by atoms with Crippen molar-refractivity contribution in [3.8, 4) is 0 Å². The number of hydrogen-bond donors (Lipinski definition) is 2. The van der Waals surface area contributed by atoms with Gasteiger partial charge in [0.25, 0.3) is 0 Å². The number of halogens is 2. The van der Waals surface area contributed by atoms with Crippen LogP contribution in [0.15, 0.2) is 12.1 Å². The Hall–Kier alpha value is -1.00. The smallest absolute Gasteiger partial charge is 0.129 e. The van der Waals surface area contributed by atoms with E-state index < -0.39 is 17.7 Å². The molecule has 0 amide bonds. The van der Waals surface area contributed by atoms with Crippen molar-refractivity contribution in [2.45, 2.75) is 13.0 Å². The molecular weight excluding hydrogens is 188 g/mol. The number of nitrogens with one attached hydrogen (secondary N) is 1. The summed E-state index contributed by atoms with van der Waals surface area (Å²) in [4.78, 5) is 0. The molecule has 1 aromatic carbocycles. The van der Waals surface area contributed by atoms with Gasteiger partial charge in [0.2, 0.25) is 0 Å². The Bertz CT molecular complexity index is 305. The number of rotatable bonds is 3. The second kappa shape index (κ2) is 4.48. The van der Waals surface area contributed by atoms with Gasteiger partial charge in [-0.2, -0.15) is 0 Å². The zero-order valence-electron chi connectivity index (χ0n) is 8.14. The Morgan fingerprint density at radius 1 is 1.36 bits per heavy atom. The highest BCUT2D eigenvalue weighted by atomic mass is 19.1. The molecule has 0 spiro atoms. The monoisotopic (exact) mass is 201 g/mol. The number of aliphatic hydroxyl groups is 1. The van der Waals surface area contributed by atoms with E-state index >= 15 is 0 Å². The van der Waals surface area contributed by atoms with Crippen molar-refractivity contribution in [1.29, 1.82) is 0 Å². The van der Waals surface area contributed by atoms with Crippen molar-refractivity contribution in [3.63, 3.8) is 0 Å². The van der Waals surface area contributed by atoms with Crippen LogP contribution in [0.4, 0.5) is 8.78 Å². The summed E-state index contributed by atoms with van der Waals surface area (Å²) in [5, 5.41) is 12.2. The quantitative estimate of drug-likeness (QED) is 0.777. The summed E-state index contributed by atoms with van der Waals surface area (Å²) < 4.78 is 26.1. The molecule has 0 aromatic heterocycles. The second-order valence-electron chi connectivity index (χ2n) is 3.18. The van der Waals surface area contributed by atoms with E-state index in [1.807, 2.05) is 0 Å². The molecule has 0 saturated carbocycles. The van der Waals surface area contributed by atoms with Crippen LogP contribution in [-0.2, 0) is 0 Å². The zero-order chi connectivity index (χ0) is 10.7. The van der Waals surface area contributed by atoms with E-state index in [1.165, 1.54) is 6.92 Å². The molecule has 2 nitrogen and oxygen atoms in total. The maximum Gasteiger partial charge on any atom is 0.129 e. The van der Waals surface area contributed by atoms with Crippen molar-refractivity contribution < 1.29 is 13.9 Å². The van der Waals surface area contributed by atoms with Crippen LogP contribution in [0.3, 0.4) is 0 Å². The molecule has 0 aliphatic carbocycles. The standard InChI is InChI=1S/C10H13F2NO/c1-6-8(11)3-7(4-9(6)12)10(14)5-13-2/h3-4,10,13-14H,5H2,1-2H3. The highest BCUT2D eigenvalue weighted by molar-refractivity contribution is 5.26. The molecule has 1 rings (SSSR count). The summed E-state index contributed by atoms with van der Waals surface area (Å²) in [7, 11) is 1.66. The minimum atomic E-state index is -0.885. The number of aliphatic hydroxyl groups excluding tert-OH is 1. The van der Waals surface area contributed by atoms with E-state index in [2.05, 4.69) is 5.32 Å². The fraction of sp³-hybridized carbons (Fsp3) is 0.400. The molecule has 0 aliphatic rings. The van der Waals surface area contributed by atoms with Gasteiger partial charge in [-0.1, -0.05) is 0 Å². The summed E-state index contributed by atoms with van der Waals surface area (Å²) >= 11 is 0. The van der Waals surface area contributed by atoms with Crippen molar-refractivity contribution in [3.05, 3.63) is 34.9 Å². The van der Waals surface area contributed by atoms with Gasteiger partial charge in [-0.05, 0) is 31.7 Å². The molecule has 0 heterocycles. The average Bonchev–Trinajstić information content (AvgIpc) is 2.13. The third-order valence-corrected chi connectivity index (χ3v) is 2.09. The predicted molar refractivity (Wildman–Crippen MR) is 50.0 cm³/mol. The lowest BCUT2D eigenvalue weighted by atomic mass is 10.1. The van der Waals surface area contributed by atoms with Crippen molar-refractivity contribution >= 4 is 0 Å². The van der Waals surface area contributed by atoms with Crippen LogP contribution >= 0.6 is 0 Å². The Labute approximate surface area is 81.6 Å². The van der Waals surface area contributed by atoms with E-state index in [0.29, 0.717) is 0 Å². The fourth-order valence-electron chi connectivity index (χ4n) is 1.17. The van der Waals surface area contributed by atoms with Crippen molar-refractivity contribution in [1.82, 2.24) is 5.32 Å². The van der Waals surface area contributed by atoms with Crippen LogP contribution in [0.2, 0.25) is 0 Å². The second-order valence-corrected chi connectivity index (χ2v) is 3.18. The number of likely N-dealkylation sites (N-methyl/N-ethyl adjacent to an activating group) is 1. The topological polar surface area (TPSA) is 32.3 Å². The maximum atomic E-state index is 13.1. The van der Waals surface area contributed by atoms with Crippen molar-refractivity contribution in [2.75, 3.05) is 13.6 Å². The first-order valence-electron chi connectivity index (χ1n) is 4.34. The van der Waals surface area contributed by atoms with Gasteiger partial charge in [-0.3, -0.25) is 0 Å². The third kappa shape index (κ3) is 2.27. The van der Waals surface area contributed by atoms with Crippen molar-refractivity contribution in [2.24, 2.45) is 0 Å². The molecule has 78 valence electrons. The third-order valence-electron chi connectivity index (χ3n) is 2.09. The molecule has 0 aliphatic heterocycles. The Kier molecular flexibility index (Phi) is 3.55. The van der Waals surface area contributed by atoms with Crippen LogP contribution in [0, 0.1) is 18.6 Å². The number of hydrogen-bond acceptors (Lipinski definition) is 2. The van der Waals surface area contributed by atoms with E-state index in [0.717, 1.165) is 12.1 Å². The van der Waals surface area contributed by atoms with Gasteiger partial charge >= 0.3 is 0 Å². The highest BCUT2D eigenvalue weighted by Gasteiger charge is 2.12. The van der Waals surface area contributed by atoms with Gasteiger partial charge in [-0.25, -0.2) is 8.78 Å². The molecule has 1 unspecified atom stereocenters. The van der Waals surface area contributed by atoms with Crippen LogP contribution in [-0.4, -0.2) is 18.7 Å².